The zero-order chi connectivity index (χ0) is 15.4. The minimum atomic E-state index is -0.476. The van der Waals surface area contributed by atoms with Crippen molar-refractivity contribution in [2.24, 2.45) is 0 Å². The number of hydrogen-bond acceptors (Lipinski definition) is 4. The monoisotopic (exact) mass is 418 g/mol. The van der Waals surface area contributed by atoms with E-state index in [1.54, 1.807) is 36.4 Å². The lowest BCUT2D eigenvalue weighted by molar-refractivity contribution is 0.0599. The molecule has 0 fully saturated rings. The highest BCUT2D eigenvalue weighted by Crippen LogP contribution is 2.29. The molecule has 0 heterocycles. The molecule has 0 aliphatic rings. The Bertz CT molecular complexity index is 655. The molecule has 0 aliphatic heterocycles. The van der Waals surface area contributed by atoms with Crippen molar-refractivity contribution >= 4 is 40.2 Å². The number of rotatable bonds is 4. The number of benzene rings is 2. The predicted octanol–water partition coefficient (Wildman–Crippen LogP) is 4.02. The molecule has 6 heteroatoms. The number of hydrogen-bond donors (Lipinski definition) is 1. The highest BCUT2D eigenvalue weighted by molar-refractivity contribution is 14.1. The smallest absolute Gasteiger partial charge is 0.339 e. The molecule has 0 radical (unpaired) electrons. The third kappa shape index (κ3) is 3.87. The molecule has 110 valence electrons. The summed E-state index contributed by atoms with van der Waals surface area (Å²) in [7, 11) is 1.31. The molecule has 4 nitrogen and oxygen atoms in total. The van der Waals surface area contributed by atoms with Gasteiger partial charge in [0.05, 0.1) is 19.3 Å². The van der Waals surface area contributed by atoms with Gasteiger partial charge in [0, 0.05) is 8.59 Å². The Hall–Kier alpha value is -1.31. The summed E-state index contributed by atoms with van der Waals surface area (Å²) in [4.78, 5) is 11.8. The van der Waals surface area contributed by atoms with E-state index in [1.165, 1.54) is 7.11 Å². The van der Waals surface area contributed by atoms with Crippen LogP contribution in [0, 0.1) is 3.57 Å². The van der Waals surface area contributed by atoms with Crippen LogP contribution in [0.5, 0.6) is 11.5 Å². The van der Waals surface area contributed by atoms with Crippen LogP contribution in [0.25, 0.3) is 0 Å². The Kier molecular flexibility index (Phi) is 5.44. The lowest BCUT2D eigenvalue weighted by Gasteiger charge is -2.12. The Morgan fingerprint density at radius 1 is 1.24 bits per heavy atom. The van der Waals surface area contributed by atoms with Crippen molar-refractivity contribution in [3.63, 3.8) is 0 Å². The second-order valence-corrected chi connectivity index (χ2v) is 5.66. The largest absolute Gasteiger partial charge is 0.465 e. The number of methoxy groups -OCH3 is 1. The van der Waals surface area contributed by atoms with Crippen molar-refractivity contribution in [2.75, 3.05) is 7.11 Å². The van der Waals surface area contributed by atoms with E-state index in [1.807, 2.05) is 22.6 Å². The molecule has 0 saturated carbocycles. The van der Waals surface area contributed by atoms with Gasteiger partial charge in [-0.1, -0.05) is 11.6 Å². The van der Waals surface area contributed by atoms with E-state index in [-0.39, 0.29) is 6.61 Å². The molecule has 0 amide bonds. The molecule has 21 heavy (non-hydrogen) atoms. The third-order valence-corrected chi connectivity index (χ3v) is 4.27. The fourth-order valence-electron chi connectivity index (χ4n) is 1.73. The average Bonchev–Trinajstić information content (AvgIpc) is 2.50. The van der Waals surface area contributed by atoms with E-state index in [4.69, 9.17) is 21.1 Å². The van der Waals surface area contributed by atoms with E-state index < -0.39 is 5.97 Å². The molecule has 0 atom stereocenters. The van der Waals surface area contributed by atoms with E-state index >= 15 is 0 Å². The van der Waals surface area contributed by atoms with E-state index in [9.17, 15) is 9.90 Å². The van der Waals surface area contributed by atoms with Crippen molar-refractivity contribution < 1.29 is 19.4 Å². The molecule has 2 aromatic rings. The second kappa shape index (κ2) is 7.11. The number of carbonyl (C=O) groups is 1. The van der Waals surface area contributed by atoms with Gasteiger partial charge in [-0.3, -0.25) is 0 Å². The molecule has 0 saturated heterocycles. The van der Waals surface area contributed by atoms with Gasteiger partial charge in [0.2, 0.25) is 0 Å². The first-order valence-electron chi connectivity index (χ1n) is 6.00. The zero-order valence-corrected chi connectivity index (χ0v) is 14.0. The van der Waals surface area contributed by atoms with Gasteiger partial charge < -0.3 is 14.6 Å². The Morgan fingerprint density at radius 3 is 2.48 bits per heavy atom. The van der Waals surface area contributed by atoms with Crippen LogP contribution in [0.3, 0.4) is 0 Å². The van der Waals surface area contributed by atoms with Gasteiger partial charge in [0.25, 0.3) is 0 Å². The SMILES string of the molecule is COC(=O)c1cc(Oc2ccc(Cl)cc2)cc(CO)c1I. The standard InChI is InChI=1S/C15H12ClIO4/c1-20-15(19)13-7-12(6-9(8-18)14(13)17)21-11-4-2-10(16)3-5-11/h2-7,18H,8H2,1H3. The normalized spacial score (nSPS) is 10.3. The molecule has 0 aromatic heterocycles. The van der Waals surface area contributed by atoms with Crippen LogP contribution >= 0.6 is 34.2 Å². The number of aliphatic hydroxyl groups excluding tert-OH is 1. The quantitative estimate of drug-likeness (QED) is 0.602. The van der Waals surface area contributed by atoms with Crippen LogP contribution in [-0.2, 0) is 11.3 Å². The minimum Gasteiger partial charge on any atom is -0.465 e. The molecule has 1 N–H and O–H groups in total. The number of aliphatic hydroxyl groups is 1. The summed E-state index contributed by atoms with van der Waals surface area (Å²) in [6.07, 6.45) is 0. The molecule has 2 rings (SSSR count). The van der Waals surface area contributed by atoms with E-state index in [0.717, 1.165) is 0 Å². The maximum atomic E-state index is 11.8. The Labute approximate surface area is 140 Å². The summed E-state index contributed by atoms with van der Waals surface area (Å²) in [5.41, 5.74) is 0.955. The van der Waals surface area contributed by atoms with Crippen LogP contribution in [0.1, 0.15) is 15.9 Å². The summed E-state index contributed by atoms with van der Waals surface area (Å²) in [5.74, 6) is 0.554. The molecule has 0 spiro atoms. The topological polar surface area (TPSA) is 55.8 Å². The molecule has 0 aliphatic carbocycles. The van der Waals surface area contributed by atoms with E-state index in [0.29, 0.717) is 31.2 Å². The first kappa shape index (κ1) is 16.1. The molecule has 0 bridgehead atoms. The van der Waals surface area contributed by atoms with E-state index in [2.05, 4.69) is 0 Å². The number of carbonyl (C=O) groups excluding carboxylic acids is 1. The minimum absolute atomic E-state index is 0.194. The summed E-state index contributed by atoms with van der Waals surface area (Å²) < 4.78 is 11.1. The summed E-state index contributed by atoms with van der Waals surface area (Å²) in [6.45, 7) is -0.194. The average molecular weight is 419 g/mol. The highest BCUT2D eigenvalue weighted by atomic mass is 127. The molecular formula is C15H12ClIO4. The summed E-state index contributed by atoms with van der Waals surface area (Å²) in [5, 5.41) is 10.0. The maximum Gasteiger partial charge on any atom is 0.339 e. The third-order valence-electron chi connectivity index (χ3n) is 2.75. The lowest BCUT2D eigenvalue weighted by atomic mass is 10.1. The summed E-state index contributed by atoms with van der Waals surface area (Å²) >= 11 is 7.82. The van der Waals surface area contributed by atoms with Crippen molar-refractivity contribution in [3.8, 4) is 11.5 Å². The Balaban J connectivity index is 2.39. The first-order valence-corrected chi connectivity index (χ1v) is 7.46. The highest BCUT2D eigenvalue weighted by Gasteiger charge is 2.16. The van der Waals surface area contributed by atoms with Crippen LogP contribution in [0.2, 0.25) is 5.02 Å². The molecule has 0 unspecified atom stereocenters. The van der Waals surface area contributed by atoms with Crippen LogP contribution in [0.15, 0.2) is 36.4 Å². The van der Waals surface area contributed by atoms with Crippen LogP contribution in [-0.4, -0.2) is 18.2 Å². The predicted molar refractivity (Wildman–Crippen MR) is 87.9 cm³/mol. The van der Waals surface area contributed by atoms with Gasteiger partial charge in [0.1, 0.15) is 11.5 Å². The van der Waals surface area contributed by atoms with Gasteiger partial charge in [-0.15, -0.1) is 0 Å². The Morgan fingerprint density at radius 2 is 1.90 bits per heavy atom. The maximum absolute atomic E-state index is 11.8. The number of esters is 1. The van der Waals surface area contributed by atoms with Crippen molar-refractivity contribution in [2.45, 2.75) is 6.61 Å². The second-order valence-electron chi connectivity index (χ2n) is 4.15. The van der Waals surface area contributed by atoms with Gasteiger partial charge >= 0.3 is 5.97 Å². The van der Waals surface area contributed by atoms with Gasteiger partial charge in [-0.2, -0.15) is 0 Å². The molecule has 2 aromatic carbocycles. The summed E-state index contributed by atoms with van der Waals surface area (Å²) in [6, 6.07) is 10.1. The fourth-order valence-corrected chi connectivity index (χ4v) is 2.55. The molecular weight excluding hydrogens is 407 g/mol. The van der Waals surface area contributed by atoms with Crippen LogP contribution < -0.4 is 4.74 Å². The van der Waals surface area contributed by atoms with Gasteiger partial charge in [-0.05, 0) is 64.6 Å². The van der Waals surface area contributed by atoms with Crippen molar-refractivity contribution in [1.29, 1.82) is 0 Å². The fraction of sp³-hybridized carbons (Fsp3) is 0.133. The van der Waals surface area contributed by atoms with Crippen molar-refractivity contribution in [3.05, 3.63) is 56.1 Å². The lowest BCUT2D eigenvalue weighted by Crippen LogP contribution is -2.06. The first-order chi connectivity index (χ1) is 10.0. The van der Waals surface area contributed by atoms with Gasteiger partial charge in [0.15, 0.2) is 0 Å². The van der Waals surface area contributed by atoms with Crippen molar-refractivity contribution in [1.82, 2.24) is 0 Å². The zero-order valence-electron chi connectivity index (χ0n) is 11.1. The van der Waals surface area contributed by atoms with Crippen LogP contribution in [0.4, 0.5) is 0 Å². The van der Waals surface area contributed by atoms with Gasteiger partial charge in [-0.25, -0.2) is 4.79 Å². The number of ether oxygens (including phenoxy) is 2. The number of halogens is 2.